The minimum atomic E-state index is -4.71. The summed E-state index contributed by atoms with van der Waals surface area (Å²) in [6.07, 6.45) is -4.71. The van der Waals surface area contributed by atoms with Crippen LogP contribution in [0.5, 0.6) is 0 Å². The average molecular weight is 328 g/mol. The SMILES string of the molecule is CNS(=O)(=O)CCNC(=O)c1cc(C(F)(F)F)ccc1F. The first-order valence-electron chi connectivity index (χ1n) is 5.63. The third-order valence-electron chi connectivity index (χ3n) is 2.51. The maximum Gasteiger partial charge on any atom is 0.416 e. The molecule has 1 amide bonds. The van der Waals surface area contributed by atoms with Gasteiger partial charge in [0.05, 0.1) is 16.9 Å². The quantitative estimate of drug-likeness (QED) is 0.796. The van der Waals surface area contributed by atoms with E-state index in [4.69, 9.17) is 0 Å². The van der Waals surface area contributed by atoms with Crippen molar-refractivity contribution in [2.45, 2.75) is 6.18 Å². The van der Waals surface area contributed by atoms with Crippen molar-refractivity contribution in [1.29, 1.82) is 0 Å². The molecular formula is C11H12F4N2O3S. The zero-order valence-corrected chi connectivity index (χ0v) is 11.6. The molecule has 0 aliphatic heterocycles. The van der Waals surface area contributed by atoms with Gasteiger partial charge in [0, 0.05) is 6.54 Å². The second kappa shape index (κ2) is 6.39. The molecule has 21 heavy (non-hydrogen) atoms. The van der Waals surface area contributed by atoms with Crippen LogP contribution in [0.3, 0.4) is 0 Å². The van der Waals surface area contributed by atoms with Crippen molar-refractivity contribution in [3.63, 3.8) is 0 Å². The van der Waals surface area contributed by atoms with Crippen molar-refractivity contribution < 1.29 is 30.8 Å². The van der Waals surface area contributed by atoms with Gasteiger partial charge in [0.25, 0.3) is 5.91 Å². The highest BCUT2D eigenvalue weighted by Gasteiger charge is 2.31. The van der Waals surface area contributed by atoms with Crippen LogP contribution >= 0.6 is 0 Å². The standard InChI is InChI=1S/C11H12F4N2O3S/c1-16-21(19,20)5-4-17-10(18)8-6-7(11(13,14)15)2-3-9(8)12/h2-3,6,16H,4-5H2,1H3,(H,17,18). The molecule has 5 nitrogen and oxygen atoms in total. The van der Waals surface area contributed by atoms with Gasteiger partial charge in [-0.05, 0) is 25.2 Å². The zero-order chi connectivity index (χ0) is 16.3. The third kappa shape index (κ3) is 4.97. The van der Waals surface area contributed by atoms with E-state index in [0.29, 0.717) is 18.2 Å². The largest absolute Gasteiger partial charge is 0.416 e. The van der Waals surface area contributed by atoms with Gasteiger partial charge in [-0.2, -0.15) is 13.2 Å². The Morgan fingerprint density at radius 1 is 1.29 bits per heavy atom. The van der Waals surface area contributed by atoms with Gasteiger partial charge < -0.3 is 5.32 Å². The minimum absolute atomic E-state index is 0.363. The number of alkyl halides is 3. The number of benzene rings is 1. The molecule has 0 bridgehead atoms. The fourth-order valence-electron chi connectivity index (χ4n) is 1.37. The van der Waals surface area contributed by atoms with Crippen LogP contribution in [0.2, 0.25) is 0 Å². The van der Waals surface area contributed by atoms with E-state index in [1.54, 1.807) is 0 Å². The summed E-state index contributed by atoms with van der Waals surface area (Å²) in [5, 5.41) is 2.04. The van der Waals surface area contributed by atoms with E-state index in [1.807, 2.05) is 10.0 Å². The van der Waals surface area contributed by atoms with E-state index in [1.165, 1.54) is 7.05 Å². The molecule has 10 heteroatoms. The van der Waals surface area contributed by atoms with Crippen molar-refractivity contribution in [2.24, 2.45) is 0 Å². The summed E-state index contributed by atoms with van der Waals surface area (Å²) in [5.41, 5.74) is -1.97. The van der Waals surface area contributed by atoms with Crippen molar-refractivity contribution >= 4 is 15.9 Å². The lowest BCUT2D eigenvalue weighted by molar-refractivity contribution is -0.137. The number of hydrogen-bond acceptors (Lipinski definition) is 3. The van der Waals surface area contributed by atoms with E-state index < -0.39 is 44.8 Å². The van der Waals surface area contributed by atoms with Crippen LogP contribution in [-0.4, -0.2) is 33.7 Å². The Balaban J connectivity index is 2.83. The molecule has 0 unspecified atom stereocenters. The first-order chi connectivity index (χ1) is 9.57. The molecular weight excluding hydrogens is 316 g/mol. The first-order valence-corrected chi connectivity index (χ1v) is 7.28. The zero-order valence-electron chi connectivity index (χ0n) is 10.8. The van der Waals surface area contributed by atoms with Crippen molar-refractivity contribution in [3.8, 4) is 0 Å². The second-order valence-corrected chi connectivity index (χ2v) is 6.02. The van der Waals surface area contributed by atoms with Crippen LogP contribution in [0.1, 0.15) is 15.9 Å². The number of nitrogens with one attached hydrogen (secondary N) is 2. The van der Waals surface area contributed by atoms with Crippen molar-refractivity contribution in [2.75, 3.05) is 19.3 Å². The molecule has 0 fully saturated rings. The van der Waals surface area contributed by atoms with E-state index in [9.17, 15) is 30.8 Å². The Morgan fingerprint density at radius 3 is 2.43 bits per heavy atom. The van der Waals surface area contributed by atoms with E-state index >= 15 is 0 Å². The highest BCUT2D eigenvalue weighted by Crippen LogP contribution is 2.30. The van der Waals surface area contributed by atoms with Gasteiger partial charge in [-0.3, -0.25) is 4.79 Å². The van der Waals surface area contributed by atoms with Crippen LogP contribution in [0, 0.1) is 5.82 Å². The molecule has 1 aromatic carbocycles. The average Bonchev–Trinajstić information content (AvgIpc) is 2.37. The normalized spacial score (nSPS) is 12.2. The number of hydrogen-bond donors (Lipinski definition) is 2. The molecule has 2 N–H and O–H groups in total. The molecule has 0 aliphatic rings. The lowest BCUT2D eigenvalue weighted by Gasteiger charge is -2.10. The molecule has 0 radical (unpaired) electrons. The number of rotatable bonds is 5. The summed E-state index contributed by atoms with van der Waals surface area (Å²) in [4.78, 5) is 11.6. The molecule has 0 spiro atoms. The first kappa shape index (κ1) is 17.4. The Hall–Kier alpha value is -1.68. The van der Waals surface area contributed by atoms with Gasteiger partial charge in [0.2, 0.25) is 10.0 Å². The topological polar surface area (TPSA) is 75.3 Å². The maximum atomic E-state index is 13.4. The third-order valence-corrected chi connectivity index (χ3v) is 3.87. The molecule has 118 valence electrons. The fraction of sp³-hybridized carbons (Fsp3) is 0.364. The summed E-state index contributed by atoms with van der Waals surface area (Å²) in [5.74, 6) is -2.72. The molecule has 0 aliphatic carbocycles. The predicted molar refractivity (Wildman–Crippen MR) is 66.6 cm³/mol. The predicted octanol–water partition coefficient (Wildman–Crippen LogP) is 1.12. The van der Waals surface area contributed by atoms with Gasteiger partial charge in [-0.25, -0.2) is 17.5 Å². The molecule has 0 saturated carbocycles. The summed E-state index contributed by atoms with van der Waals surface area (Å²) in [6, 6.07) is 1.41. The lowest BCUT2D eigenvalue weighted by Crippen LogP contribution is -2.33. The number of halogens is 4. The number of carbonyl (C=O) groups is 1. The summed E-state index contributed by atoms with van der Waals surface area (Å²) in [7, 11) is -2.41. The number of carbonyl (C=O) groups excluding carboxylic acids is 1. The molecule has 1 rings (SSSR count). The Labute approximate surface area is 118 Å². The van der Waals surface area contributed by atoms with E-state index in [0.717, 1.165) is 0 Å². The molecule has 0 heterocycles. The highest BCUT2D eigenvalue weighted by atomic mass is 32.2. The van der Waals surface area contributed by atoms with Crippen LogP contribution in [-0.2, 0) is 16.2 Å². The molecule has 0 aromatic heterocycles. The fourth-order valence-corrected chi connectivity index (χ4v) is 1.95. The van der Waals surface area contributed by atoms with Gasteiger partial charge >= 0.3 is 6.18 Å². The highest BCUT2D eigenvalue weighted by molar-refractivity contribution is 7.89. The Kier molecular flexibility index (Phi) is 5.29. The van der Waals surface area contributed by atoms with Crippen LogP contribution < -0.4 is 10.0 Å². The van der Waals surface area contributed by atoms with E-state index in [-0.39, 0.29) is 6.54 Å². The van der Waals surface area contributed by atoms with Crippen LogP contribution in [0.15, 0.2) is 18.2 Å². The number of sulfonamides is 1. The van der Waals surface area contributed by atoms with Gasteiger partial charge in [0.15, 0.2) is 0 Å². The van der Waals surface area contributed by atoms with Crippen molar-refractivity contribution in [3.05, 3.63) is 35.1 Å². The van der Waals surface area contributed by atoms with Crippen LogP contribution in [0.25, 0.3) is 0 Å². The molecule has 1 aromatic rings. The number of amides is 1. The maximum absolute atomic E-state index is 13.4. The van der Waals surface area contributed by atoms with Gasteiger partial charge in [0.1, 0.15) is 5.82 Å². The summed E-state index contributed by atoms with van der Waals surface area (Å²) in [6.45, 7) is -0.363. The van der Waals surface area contributed by atoms with Crippen molar-refractivity contribution in [1.82, 2.24) is 10.0 Å². The molecule has 0 saturated heterocycles. The Morgan fingerprint density at radius 2 is 1.90 bits per heavy atom. The van der Waals surface area contributed by atoms with Crippen LogP contribution in [0.4, 0.5) is 17.6 Å². The smallest absolute Gasteiger partial charge is 0.351 e. The molecule has 0 atom stereocenters. The monoisotopic (exact) mass is 328 g/mol. The summed E-state index contributed by atoms with van der Waals surface area (Å²) >= 11 is 0. The minimum Gasteiger partial charge on any atom is -0.351 e. The Bertz CT molecular complexity index is 629. The summed E-state index contributed by atoms with van der Waals surface area (Å²) < 4.78 is 75.0. The van der Waals surface area contributed by atoms with Gasteiger partial charge in [-0.1, -0.05) is 0 Å². The van der Waals surface area contributed by atoms with E-state index in [2.05, 4.69) is 0 Å². The second-order valence-electron chi connectivity index (χ2n) is 3.97. The lowest BCUT2D eigenvalue weighted by atomic mass is 10.1. The van der Waals surface area contributed by atoms with Gasteiger partial charge in [-0.15, -0.1) is 0 Å².